The third kappa shape index (κ3) is 5.66. The smallest absolute Gasteiger partial charge is 0.344 e. The minimum absolute atomic E-state index is 0.215. The third-order valence-corrected chi connectivity index (χ3v) is 5.09. The van der Waals surface area contributed by atoms with E-state index in [1.807, 2.05) is 73.7 Å². The molecule has 0 bridgehead atoms. The molecule has 0 aliphatic rings. The number of hydrazone groups is 1. The number of nitrogens with zero attached hydrogens (tertiary/aromatic N) is 1. The van der Waals surface area contributed by atoms with Crippen molar-refractivity contribution in [2.45, 2.75) is 13.3 Å². The lowest BCUT2D eigenvalue weighted by Gasteiger charge is -2.12. The van der Waals surface area contributed by atoms with Gasteiger partial charge in [0.25, 0.3) is 0 Å². The number of rotatable bonds is 8. The van der Waals surface area contributed by atoms with E-state index in [2.05, 4.69) is 10.5 Å². The van der Waals surface area contributed by atoms with Crippen molar-refractivity contribution >= 4 is 28.9 Å². The van der Waals surface area contributed by atoms with Gasteiger partial charge in [0.05, 0.1) is 24.8 Å². The maximum atomic E-state index is 12.9. The molecule has 1 N–H and O–H groups in total. The molecule has 0 heterocycles. The van der Waals surface area contributed by atoms with Gasteiger partial charge in [-0.05, 0) is 53.1 Å². The number of fused-ring (bicyclic) bond motifs is 1. The summed E-state index contributed by atoms with van der Waals surface area (Å²) in [6.45, 7) is 2.24. The molecule has 6 nitrogen and oxygen atoms in total. The van der Waals surface area contributed by atoms with Crippen molar-refractivity contribution in [3.8, 4) is 11.5 Å². The Morgan fingerprint density at radius 3 is 2.47 bits per heavy atom. The van der Waals surface area contributed by atoms with Crippen LogP contribution in [-0.2, 0) is 11.2 Å². The molecule has 0 saturated carbocycles. The fourth-order valence-electron chi connectivity index (χ4n) is 3.52. The summed E-state index contributed by atoms with van der Waals surface area (Å²) in [5, 5.41) is 5.81. The van der Waals surface area contributed by atoms with Crippen molar-refractivity contribution in [1.29, 1.82) is 0 Å². The molecule has 0 atom stereocenters. The van der Waals surface area contributed by atoms with Crippen LogP contribution in [0.15, 0.2) is 96.1 Å². The van der Waals surface area contributed by atoms with Crippen LogP contribution in [0.1, 0.15) is 28.4 Å². The van der Waals surface area contributed by atoms with Gasteiger partial charge in [0.15, 0.2) is 11.5 Å². The number of hydrogen-bond donors (Lipinski definition) is 1. The summed E-state index contributed by atoms with van der Waals surface area (Å²) >= 11 is 0. The lowest BCUT2D eigenvalue weighted by atomic mass is 10.0. The molecular weight excluding hydrogens is 428 g/mol. The van der Waals surface area contributed by atoms with E-state index in [0.29, 0.717) is 29.2 Å². The lowest BCUT2D eigenvalue weighted by molar-refractivity contribution is -0.120. The Morgan fingerprint density at radius 1 is 0.882 bits per heavy atom. The molecule has 0 spiro atoms. The van der Waals surface area contributed by atoms with Crippen LogP contribution in [0.25, 0.3) is 10.8 Å². The van der Waals surface area contributed by atoms with E-state index in [-0.39, 0.29) is 12.3 Å². The summed E-state index contributed by atoms with van der Waals surface area (Å²) in [4.78, 5) is 25.0. The zero-order valence-corrected chi connectivity index (χ0v) is 18.7. The highest BCUT2D eigenvalue weighted by atomic mass is 16.6. The zero-order valence-electron chi connectivity index (χ0n) is 18.7. The van der Waals surface area contributed by atoms with E-state index < -0.39 is 5.97 Å². The van der Waals surface area contributed by atoms with E-state index in [1.54, 1.807) is 24.3 Å². The molecular formula is C28H24N2O4. The van der Waals surface area contributed by atoms with E-state index in [4.69, 9.17) is 9.47 Å². The minimum Gasteiger partial charge on any atom is -0.490 e. The summed E-state index contributed by atoms with van der Waals surface area (Å²) in [6, 6.07) is 27.7. The van der Waals surface area contributed by atoms with Gasteiger partial charge in [-0.25, -0.2) is 10.2 Å². The van der Waals surface area contributed by atoms with Crippen molar-refractivity contribution in [3.63, 3.8) is 0 Å². The summed E-state index contributed by atoms with van der Waals surface area (Å²) < 4.78 is 11.4. The first-order valence-electron chi connectivity index (χ1n) is 11.0. The first-order chi connectivity index (χ1) is 16.6. The van der Waals surface area contributed by atoms with Crippen LogP contribution in [0.4, 0.5) is 0 Å². The first kappa shape index (κ1) is 22.7. The van der Waals surface area contributed by atoms with Crippen molar-refractivity contribution in [1.82, 2.24) is 5.43 Å². The quantitative estimate of drug-likeness (QED) is 0.174. The Labute approximate surface area is 197 Å². The number of amides is 1. The minimum atomic E-state index is -0.465. The predicted octanol–water partition coefficient (Wildman–Crippen LogP) is 5.15. The van der Waals surface area contributed by atoms with Gasteiger partial charge >= 0.3 is 5.97 Å². The van der Waals surface area contributed by atoms with E-state index in [1.165, 1.54) is 6.21 Å². The average Bonchev–Trinajstić information content (AvgIpc) is 2.86. The van der Waals surface area contributed by atoms with Gasteiger partial charge in [-0.3, -0.25) is 4.79 Å². The number of carbonyl (C=O) groups is 2. The number of esters is 1. The lowest BCUT2D eigenvalue weighted by Crippen LogP contribution is -2.19. The first-order valence-corrected chi connectivity index (χ1v) is 11.0. The van der Waals surface area contributed by atoms with Crippen molar-refractivity contribution < 1.29 is 19.1 Å². The topological polar surface area (TPSA) is 77.0 Å². The van der Waals surface area contributed by atoms with Crippen LogP contribution < -0.4 is 14.9 Å². The second-order valence-corrected chi connectivity index (χ2v) is 7.51. The Balaban J connectivity index is 1.46. The fourth-order valence-corrected chi connectivity index (χ4v) is 3.52. The molecule has 0 aliphatic heterocycles. The van der Waals surface area contributed by atoms with Gasteiger partial charge in [-0.15, -0.1) is 0 Å². The van der Waals surface area contributed by atoms with Crippen LogP contribution in [0, 0.1) is 0 Å². The van der Waals surface area contributed by atoms with Gasteiger partial charge in [0, 0.05) is 0 Å². The van der Waals surface area contributed by atoms with Crippen molar-refractivity contribution in [2.24, 2.45) is 5.10 Å². The van der Waals surface area contributed by atoms with Gasteiger partial charge < -0.3 is 9.47 Å². The Kier molecular flexibility index (Phi) is 7.30. The number of nitrogens with one attached hydrogen (secondary N) is 1. The van der Waals surface area contributed by atoms with Crippen LogP contribution in [0.5, 0.6) is 11.5 Å². The molecule has 34 heavy (non-hydrogen) atoms. The summed E-state index contributed by atoms with van der Waals surface area (Å²) in [6.07, 6.45) is 1.76. The second-order valence-electron chi connectivity index (χ2n) is 7.51. The van der Waals surface area contributed by atoms with Crippen molar-refractivity contribution in [3.05, 3.63) is 108 Å². The van der Waals surface area contributed by atoms with Crippen LogP contribution in [0.2, 0.25) is 0 Å². The molecule has 4 aromatic rings. The monoisotopic (exact) mass is 452 g/mol. The summed E-state index contributed by atoms with van der Waals surface area (Å²) in [5.74, 6) is 0.0427. The normalized spacial score (nSPS) is 10.9. The molecule has 4 rings (SSSR count). The Hall–Kier alpha value is -4.45. The molecule has 170 valence electrons. The maximum Gasteiger partial charge on any atom is 0.344 e. The fraction of sp³-hybridized carbons (Fsp3) is 0.107. The SMILES string of the molecule is CCOc1cc(/C=N\NC(=O)Cc2ccccc2)ccc1OC(=O)c1cccc2ccccc12. The summed E-state index contributed by atoms with van der Waals surface area (Å²) in [7, 11) is 0. The second kappa shape index (κ2) is 10.9. The molecule has 0 radical (unpaired) electrons. The largest absolute Gasteiger partial charge is 0.490 e. The van der Waals surface area contributed by atoms with E-state index >= 15 is 0 Å². The van der Waals surface area contributed by atoms with Gasteiger partial charge in [-0.2, -0.15) is 5.10 Å². The maximum absolute atomic E-state index is 12.9. The Morgan fingerprint density at radius 2 is 1.65 bits per heavy atom. The van der Waals surface area contributed by atoms with Crippen LogP contribution >= 0.6 is 0 Å². The highest BCUT2D eigenvalue weighted by Crippen LogP contribution is 2.30. The molecule has 4 aromatic carbocycles. The molecule has 0 aromatic heterocycles. The van der Waals surface area contributed by atoms with E-state index in [0.717, 1.165) is 16.3 Å². The highest BCUT2D eigenvalue weighted by molar-refractivity contribution is 6.05. The number of ether oxygens (including phenoxy) is 2. The summed E-state index contributed by atoms with van der Waals surface area (Å²) in [5.41, 5.74) is 4.60. The molecule has 0 saturated heterocycles. The van der Waals surface area contributed by atoms with Gasteiger partial charge in [0.2, 0.25) is 5.91 Å². The Bertz CT molecular complexity index is 1330. The number of hydrogen-bond acceptors (Lipinski definition) is 5. The van der Waals surface area contributed by atoms with Gasteiger partial charge in [0.1, 0.15) is 0 Å². The van der Waals surface area contributed by atoms with Crippen LogP contribution in [0.3, 0.4) is 0 Å². The van der Waals surface area contributed by atoms with Gasteiger partial charge in [-0.1, -0.05) is 66.7 Å². The van der Waals surface area contributed by atoms with E-state index in [9.17, 15) is 9.59 Å². The molecule has 1 amide bonds. The van der Waals surface area contributed by atoms with Crippen LogP contribution in [-0.4, -0.2) is 24.7 Å². The predicted molar refractivity (Wildman–Crippen MR) is 132 cm³/mol. The highest BCUT2D eigenvalue weighted by Gasteiger charge is 2.15. The standard InChI is InChI=1S/C28H24N2O4/c1-2-33-26-17-21(19-29-30-27(31)18-20-9-4-3-5-10-20)15-16-25(26)34-28(32)24-14-8-12-22-11-6-7-13-23(22)24/h3-17,19H,2,18H2,1H3,(H,30,31)/b29-19-. The average molecular weight is 453 g/mol. The zero-order chi connectivity index (χ0) is 23.8. The molecule has 6 heteroatoms. The van der Waals surface area contributed by atoms with Crippen molar-refractivity contribution in [2.75, 3.05) is 6.61 Å². The molecule has 0 unspecified atom stereocenters. The number of carbonyl (C=O) groups excluding carboxylic acids is 2. The number of benzene rings is 4. The molecule has 0 fully saturated rings. The molecule has 0 aliphatic carbocycles. The third-order valence-electron chi connectivity index (χ3n) is 5.09.